The number of hydrogen-bond acceptors (Lipinski definition) is 2. The maximum atomic E-state index is 8.05. The Bertz CT molecular complexity index is 96.4. The van der Waals surface area contributed by atoms with Crippen LogP contribution in [0.2, 0.25) is 0 Å². The molecule has 0 amide bonds. The minimum absolute atomic E-state index is 0. The number of rotatable bonds is 0. The maximum absolute atomic E-state index is 8.05. The van der Waals surface area contributed by atoms with Crippen LogP contribution in [-0.4, -0.2) is 6.04 Å². The third kappa shape index (κ3) is 1.34. The van der Waals surface area contributed by atoms with Gasteiger partial charge in [-0.25, -0.2) is 0 Å². The summed E-state index contributed by atoms with van der Waals surface area (Å²) in [6.07, 6.45) is 0.913. The Kier molecular flexibility index (Phi) is 2.07. The predicted molar refractivity (Wildman–Crippen MR) is 28.9 cm³/mol. The lowest BCUT2D eigenvalue weighted by molar-refractivity contribution is 0.985. The average Bonchev–Trinajstić information content (AvgIpc) is 2.19. The van der Waals surface area contributed by atoms with Gasteiger partial charge in [0.1, 0.15) is 0 Å². The van der Waals surface area contributed by atoms with Gasteiger partial charge in [-0.15, -0.1) is 12.4 Å². The summed E-state index contributed by atoms with van der Waals surface area (Å²) < 4.78 is 0. The highest BCUT2D eigenvalue weighted by Gasteiger charge is 2.32. The molecule has 0 aromatic rings. The first-order valence-electron chi connectivity index (χ1n) is 2.00. The zero-order chi connectivity index (χ0) is 4.57. The summed E-state index contributed by atoms with van der Waals surface area (Å²) >= 11 is 0. The molecular weight excluding hydrogens is 112 g/mol. The molecule has 1 aliphatic carbocycles. The molecule has 1 rings (SSSR count). The Morgan fingerprint density at radius 1 is 1.71 bits per heavy atom. The second-order valence-corrected chi connectivity index (χ2v) is 1.64. The van der Waals surface area contributed by atoms with Crippen LogP contribution in [0.15, 0.2) is 0 Å². The fourth-order valence-electron chi connectivity index (χ4n) is 0.363. The molecule has 40 valence electrons. The Morgan fingerprint density at radius 3 is 2.14 bits per heavy atom. The number of nitrogens with two attached hydrogens (primary N) is 1. The molecule has 3 heteroatoms. The van der Waals surface area contributed by atoms with Crippen molar-refractivity contribution in [1.29, 1.82) is 5.26 Å². The van der Waals surface area contributed by atoms with E-state index in [2.05, 4.69) is 6.07 Å². The molecule has 0 aromatic heterocycles. The second-order valence-electron chi connectivity index (χ2n) is 1.64. The van der Waals surface area contributed by atoms with Crippen LogP contribution >= 0.6 is 12.4 Å². The lowest BCUT2D eigenvalue weighted by Gasteiger charge is -1.67. The van der Waals surface area contributed by atoms with E-state index in [0.29, 0.717) is 0 Å². The summed E-state index contributed by atoms with van der Waals surface area (Å²) in [5.41, 5.74) is 5.25. The summed E-state index contributed by atoms with van der Waals surface area (Å²) in [5.74, 6) is 0.185. The molecule has 2 atom stereocenters. The van der Waals surface area contributed by atoms with Gasteiger partial charge in [-0.1, -0.05) is 0 Å². The Balaban J connectivity index is 0.000000360. The molecule has 0 aliphatic heterocycles. The first-order valence-corrected chi connectivity index (χ1v) is 2.00. The van der Waals surface area contributed by atoms with Crippen LogP contribution in [0, 0.1) is 17.2 Å². The zero-order valence-corrected chi connectivity index (χ0v) is 4.61. The Hall–Kier alpha value is -0.260. The Labute approximate surface area is 48.7 Å². The monoisotopic (exact) mass is 118 g/mol. The van der Waals surface area contributed by atoms with Crippen molar-refractivity contribution in [3.63, 3.8) is 0 Å². The van der Waals surface area contributed by atoms with Gasteiger partial charge in [0.05, 0.1) is 12.0 Å². The van der Waals surface area contributed by atoms with Crippen molar-refractivity contribution in [2.75, 3.05) is 0 Å². The van der Waals surface area contributed by atoms with Gasteiger partial charge in [-0.3, -0.25) is 0 Å². The lowest BCUT2D eigenvalue weighted by Crippen LogP contribution is -1.99. The number of halogens is 1. The summed E-state index contributed by atoms with van der Waals surface area (Å²) in [7, 11) is 0. The van der Waals surface area contributed by atoms with Gasteiger partial charge < -0.3 is 5.73 Å². The van der Waals surface area contributed by atoms with E-state index in [4.69, 9.17) is 11.0 Å². The molecule has 1 fully saturated rings. The fourth-order valence-corrected chi connectivity index (χ4v) is 0.363. The van der Waals surface area contributed by atoms with Crippen molar-refractivity contribution in [3.8, 4) is 6.07 Å². The van der Waals surface area contributed by atoms with E-state index in [1.807, 2.05) is 0 Å². The molecule has 7 heavy (non-hydrogen) atoms. The van der Waals surface area contributed by atoms with E-state index in [0.717, 1.165) is 6.42 Å². The third-order valence-corrected chi connectivity index (χ3v) is 1.01. The van der Waals surface area contributed by atoms with Crippen molar-refractivity contribution in [2.24, 2.45) is 11.7 Å². The number of nitrogens with zero attached hydrogens (tertiary/aromatic N) is 1. The summed E-state index contributed by atoms with van der Waals surface area (Å²) in [6, 6.07) is 2.27. The van der Waals surface area contributed by atoms with Crippen molar-refractivity contribution < 1.29 is 0 Å². The Morgan fingerprint density at radius 2 is 2.14 bits per heavy atom. The van der Waals surface area contributed by atoms with E-state index in [1.165, 1.54) is 0 Å². The van der Waals surface area contributed by atoms with Crippen LogP contribution in [0.4, 0.5) is 0 Å². The molecule has 1 aliphatic rings. The van der Waals surface area contributed by atoms with E-state index in [1.54, 1.807) is 0 Å². The van der Waals surface area contributed by atoms with Gasteiger partial charge in [-0.2, -0.15) is 5.26 Å². The SMILES string of the molecule is Cl.N#C[C@H]1C[C@@H]1N. The normalized spacial score (nSPS) is 35.4. The molecule has 1 saturated carbocycles. The van der Waals surface area contributed by atoms with E-state index in [9.17, 15) is 0 Å². The van der Waals surface area contributed by atoms with Crippen LogP contribution in [0.5, 0.6) is 0 Å². The quantitative estimate of drug-likeness (QED) is 0.497. The number of nitriles is 1. The van der Waals surface area contributed by atoms with Crippen molar-refractivity contribution in [2.45, 2.75) is 12.5 Å². The van der Waals surface area contributed by atoms with Gasteiger partial charge in [0.25, 0.3) is 0 Å². The van der Waals surface area contributed by atoms with Gasteiger partial charge in [0, 0.05) is 6.04 Å². The van der Waals surface area contributed by atoms with Crippen LogP contribution in [0.3, 0.4) is 0 Å². The van der Waals surface area contributed by atoms with Crippen molar-refractivity contribution >= 4 is 12.4 Å². The molecule has 2 nitrogen and oxygen atoms in total. The van der Waals surface area contributed by atoms with Crippen molar-refractivity contribution in [1.82, 2.24) is 0 Å². The minimum atomic E-state index is 0. The second kappa shape index (κ2) is 2.15. The van der Waals surface area contributed by atoms with E-state index < -0.39 is 0 Å². The minimum Gasteiger partial charge on any atom is -0.326 e. The molecular formula is C4H7ClN2. The lowest BCUT2D eigenvalue weighted by atomic mass is 10.5. The van der Waals surface area contributed by atoms with Gasteiger partial charge in [0.15, 0.2) is 0 Å². The smallest absolute Gasteiger partial charge is 0.0672 e. The molecule has 0 bridgehead atoms. The largest absolute Gasteiger partial charge is 0.326 e. The zero-order valence-electron chi connectivity index (χ0n) is 3.79. The van der Waals surface area contributed by atoms with Crippen LogP contribution < -0.4 is 5.73 Å². The highest BCUT2D eigenvalue weighted by Crippen LogP contribution is 2.25. The predicted octanol–water partition coefficient (Wildman–Crippen LogP) is 0.279. The first kappa shape index (κ1) is 6.74. The van der Waals surface area contributed by atoms with E-state index in [-0.39, 0.29) is 24.4 Å². The highest BCUT2D eigenvalue weighted by atomic mass is 35.5. The molecule has 0 radical (unpaired) electrons. The van der Waals surface area contributed by atoms with Gasteiger partial charge in [-0.05, 0) is 6.42 Å². The fraction of sp³-hybridized carbons (Fsp3) is 0.750. The summed E-state index contributed by atoms with van der Waals surface area (Å²) in [4.78, 5) is 0. The first-order chi connectivity index (χ1) is 2.84. The average molecular weight is 119 g/mol. The van der Waals surface area contributed by atoms with Gasteiger partial charge in [0.2, 0.25) is 0 Å². The molecule has 2 N–H and O–H groups in total. The molecule has 0 unspecified atom stereocenters. The van der Waals surface area contributed by atoms with Crippen molar-refractivity contribution in [3.05, 3.63) is 0 Å². The van der Waals surface area contributed by atoms with Crippen LogP contribution in [0.25, 0.3) is 0 Å². The molecule has 0 aromatic carbocycles. The maximum Gasteiger partial charge on any atom is 0.0672 e. The summed E-state index contributed by atoms with van der Waals surface area (Å²) in [6.45, 7) is 0. The third-order valence-electron chi connectivity index (χ3n) is 1.01. The molecule has 0 spiro atoms. The van der Waals surface area contributed by atoms with Crippen LogP contribution in [0.1, 0.15) is 6.42 Å². The van der Waals surface area contributed by atoms with Crippen LogP contribution in [-0.2, 0) is 0 Å². The van der Waals surface area contributed by atoms with E-state index >= 15 is 0 Å². The highest BCUT2D eigenvalue weighted by molar-refractivity contribution is 5.85. The summed E-state index contributed by atoms with van der Waals surface area (Å²) in [5, 5.41) is 8.05. The number of hydrogen-bond donors (Lipinski definition) is 1. The topological polar surface area (TPSA) is 49.8 Å². The van der Waals surface area contributed by atoms with Gasteiger partial charge >= 0.3 is 0 Å². The molecule has 0 heterocycles. The molecule has 0 saturated heterocycles. The standard InChI is InChI=1S/C4H6N2.ClH/c5-2-3-1-4(3)6;/h3-4H,1,6H2;1H/t3-,4+;/m1./s1.